The molecule has 1 rings (SSSR count). The fourth-order valence-corrected chi connectivity index (χ4v) is 4.23. The van der Waals surface area contributed by atoms with E-state index in [1.807, 2.05) is 0 Å². The molecule has 6 nitrogen and oxygen atoms in total. The number of nitrogens with one attached hydrogen (secondary N) is 2. The number of hydrogen-bond acceptors (Lipinski definition) is 5. The maximum Gasteiger partial charge on any atom is 0.222 e. The number of amides is 1. The van der Waals surface area contributed by atoms with Gasteiger partial charge < -0.3 is 20.1 Å². The predicted octanol–water partition coefficient (Wildman–Crippen LogP) is 5.47. The summed E-state index contributed by atoms with van der Waals surface area (Å²) in [6.45, 7) is 15.1. The van der Waals surface area contributed by atoms with Crippen LogP contribution in [0.1, 0.15) is 98.3 Å². The van der Waals surface area contributed by atoms with E-state index in [9.17, 15) is 9.59 Å². The van der Waals surface area contributed by atoms with E-state index >= 15 is 0 Å². The maximum absolute atomic E-state index is 12.4. The van der Waals surface area contributed by atoms with Gasteiger partial charge in [0, 0.05) is 31.0 Å². The van der Waals surface area contributed by atoms with Crippen LogP contribution in [0, 0.1) is 5.92 Å². The first-order valence-corrected chi connectivity index (χ1v) is 13.5. The third-order valence-electron chi connectivity index (χ3n) is 6.70. The second-order valence-corrected chi connectivity index (χ2v) is 9.49. The molecular formula is C28H50N2O4. The minimum Gasteiger partial charge on any atom is -0.382 e. The van der Waals surface area contributed by atoms with Gasteiger partial charge in [-0.3, -0.25) is 9.59 Å². The van der Waals surface area contributed by atoms with Crippen molar-refractivity contribution in [3.05, 3.63) is 23.4 Å². The first-order chi connectivity index (χ1) is 16.4. The largest absolute Gasteiger partial charge is 0.382 e. The summed E-state index contributed by atoms with van der Waals surface area (Å²) in [5.41, 5.74) is 3.69. The lowest BCUT2D eigenvalue weighted by Gasteiger charge is -2.15. The van der Waals surface area contributed by atoms with Crippen LogP contribution in [0.25, 0.3) is 0 Å². The van der Waals surface area contributed by atoms with Crippen molar-refractivity contribution >= 4 is 11.7 Å². The van der Waals surface area contributed by atoms with E-state index in [2.05, 4.69) is 44.9 Å². The third-order valence-corrected chi connectivity index (χ3v) is 6.70. The normalized spacial score (nSPS) is 15.8. The zero-order valence-corrected chi connectivity index (χ0v) is 22.3. The van der Waals surface area contributed by atoms with Crippen LogP contribution in [-0.4, -0.2) is 50.7 Å². The molecule has 0 saturated carbocycles. The number of Topliss-reactive ketones (excluding diaryl/α,β-unsaturated/α-hetero) is 1. The van der Waals surface area contributed by atoms with Gasteiger partial charge in [-0.05, 0) is 57.1 Å². The van der Waals surface area contributed by atoms with E-state index in [1.54, 1.807) is 0 Å². The topological polar surface area (TPSA) is 76.7 Å². The summed E-state index contributed by atoms with van der Waals surface area (Å²) >= 11 is 0. The van der Waals surface area contributed by atoms with Gasteiger partial charge in [-0.2, -0.15) is 0 Å². The van der Waals surface area contributed by atoms with Crippen LogP contribution < -0.4 is 10.6 Å². The Morgan fingerprint density at radius 1 is 0.941 bits per heavy atom. The molecule has 0 fully saturated rings. The monoisotopic (exact) mass is 478 g/mol. The Morgan fingerprint density at radius 3 is 2.12 bits per heavy atom. The first kappa shape index (κ1) is 30.4. The Hall–Kier alpha value is -1.66. The van der Waals surface area contributed by atoms with Gasteiger partial charge in [-0.1, -0.05) is 46.1 Å². The summed E-state index contributed by atoms with van der Waals surface area (Å²) in [5.74, 6) is 0.557. The predicted molar refractivity (Wildman–Crippen MR) is 140 cm³/mol. The summed E-state index contributed by atoms with van der Waals surface area (Å²) in [6.07, 6.45) is 10.4. The number of hydrogen-bond donors (Lipinski definition) is 2. The van der Waals surface area contributed by atoms with Crippen molar-refractivity contribution in [2.75, 3.05) is 33.0 Å². The fraction of sp³-hybridized carbons (Fsp3) is 0.786. The van der Waals surface area contributed by atoms with Gasteiger partial charge in [0.25, 0.3) is 0 Å². The first-order valence-electron chi connectivity index (χ1n) is 13.5. The molecule has 0 spiro atoms. The highest BCUT2D eigenvalue weighted by molar-refractivity contribution is 5.81. The molecule has 2 N–H and O–H groups in total. The number of carbonyl (C=O) groups excluding carboxylic acids is 2. The Bertz CT molecular complexity index is 636. The molecular weight excluding hydrogens is 428 g/mol. The average Bonchev–Trinajstić information content (AvgIpc) is 3.07. The smallest absolute Gasteiger partial charge is 0.222 e. The maximum atomic E-state index is 12.4. The molecule has 34 heavy (non-hydrogen) atoms. The Balaban J connectivity index is 1.96. The highest BCUT2D eigenvalue weighted by Crippen LogP contribution is 2.25. The lowest BCUT2D eigenvalue weighted by Crippen LogP contribution is -2.26. The molecule has 6 heteroatoms. The van der Waals surface area contributed by atoms with Crippen LogP contribution in [0.4, 0.5) is 0 Å². The van der Waals surface area contributed by atoms with Crippen LogP contribution in [0.3, 0.4) is 0 Å². The van der Waals surface area contributed by atoms with E-state index in [0.29, 0.717) is 57.6 Å². The summed E-state index contributed by atoms with van der Waals surface area (Å²) in [4.78, 5) is 24.4. The second-order valence-electron chi connectivity index (χ2n) is 9.49. The third kappa shape index (κ3) is 12.7. The summed E-state index contributed by atoms with van der Waals surface area (Å²) in [6, 6.07) is 0.341. The molecule has 0 aromatic rings. The van der Waals surface area contributed by atoms with Crippen molar-refractivity contribution in [3.8, 4) is 0 Å². The van der Waals surface area contributed by atoms with Gasteiger partial charge in [-0.15, -0.1) is 0 Å². The number of ether oxygens (including phenoxy) is 2. The van der Waals surface area contributed by atoms with Gasteiger partial charge in [0.05, 0.1) is 32.5 Å². The standard InChI is InChI=1S/C28H50N2O4/c1-6-8-12-25(13-9-7-2)27(31)15-18-33-20-21-34-19-16-28(32)29-17-11-10-14-26-23(4)22(3)24(5)30-26/h25-26,30H,4,6-21H2,1-3,5H3,(H,29,32). The fourth-order valence-electron chi connectivity index (χ4n) is 4.23. The van der Waals surface area contributed by atoms with Crippen LogP contribution >= 0.6 is 0 Å². The molecule has 1 amide bonds. The molecule has 1 aliphatic rings. The lowest BCUT2D eigenvalue weighted by atomic mass is 9.90. The highest BCUT2D eigenvalue weighted by Gasteiger charge is 2.21. The number of unbranched alkanes of at least 4 members (excludes halogenated alkanes) is 3. The molecule has 1 aliphatic heterocycles. The number of carbonyl (C=O) groups is 2. The second kappa shape index (κ2) is 18.6. The van der Waals surface area contributed by atoms with Crippen LogP contribution in [-0.2, 0) is 19.1 Å². The van der Waals surface area contributed by atoms with Gasteiger partial charge >= 0.3 is 0 Å². The molecule has 0 bridgehead atoms. The van der Waals surface area contributed by atoms with E-state index < -0.39 is 0 Å². The van der Waals surface area contributed by atoms with Gasteiger partial charge in [-0.25, -0.2) is 0 Å². The number of rotatable bonds is 21. The molecule has 1 unspecified atom stereocenters. The summed E-state index contributed by atoms with van der Waals surface area (Å²) in [7, 11) is 0. The molecule has 196 valence electrons. The van der Waals surface area contributed by atoms with Crippen molar-refractivity contribution in [2.45, 2.75) is 104 Å². The molecule has 0 saturated heterocycles. The quantitative estimate of drug-likeness (QED) is 0.214. The zero-order chi connectivity index (χ0) is 25.2. The van der Waals surface area contributed by atoms with Crippen molar-refractivity contribution < 1.29 is 19.1 Å². The lowest BCUT2D eigenvalue weighted by molar-refractivity contribution is -0.125. The molecule has 1 atom stereocenters. The molecule has 0 aromatic heterocycles. The molecule has 0 aliphatic carbocycles. The minimum absolute atomic E-state index is 0.0217. The number of allylic oxidation sites excluding steroid dienone is 1. The highest BCUT2D eigenvalue weighted by atomic mass is 16.5. The van der Waals surface area contributed by atoms with Crippen molar-refractivity contribution in [1.29, 1.82) is 0 Å². The summed E-state index contributed by atoms with van der Waals surface area (Å²) < 4.78 is 11.1. The Kier molecular flexibility index (Phi) is 16.7. The van der Waals surface area contributed by atoms with E-state index in [-0.39, 0.29) is 11.8 Å². The van der Waals surface area contributed by atoms with Crippen molar-refractivity contribution in [2.24, 2.45) is 5.92 Å². The van der Waals surface area contributed by atoms with Gasteiger partial charge in [0.15, 0.2) is 0 Å². The van der Waals surface area contributed by atoms with E-state index in [0.717, 1.165) is 57.8 Å². The van der Waals surface area contributed by atoms with Crippen LogP contribution in [0.5, 0.6) is 0 Å². The average molecular weight is 479 g/mol. The molecule has 0 radical (unpaired) electrons. The van der Waals surface area contributed by atoms with E-state index in [1.165, 1.54) is 16.8 Å². The Morgan fingerprint density at radius 2 is 1.56 bits per heavy atom. The van der Waals surface area contributed by atoms with Gasteiger partial charge in [0.1, 0.15) is 5.78 Å². The van der Waals surface area contributed by atoms with Crippen LogP contribution in [0.2, 0.25) is 0 Å². The van der Waals surface area contributed by atoms with Gasteiger partial charge in [0.2, 0.25) is 5.91 Å². The SMILES string of the molecule is C=C1C(C)=C(C)NC1CCCCNC(=O)CCOCCOCCC(=O)C(CCCC)CCCC. The van der Waals surface area contributed by atoms with Crippen LogP contribution in [0.15, 0.2) is 23.4 Å². The van der Waals surface area contributed by atoms with Crippen molar-refractivity contribution in [1.82, 2.24) is 10.6 Å². The Labute approximate surface area is 208 Å². The van der Waals surface area contributed by atoms with Crippen molar-refractivity contribution in [3.63, 3.8) is 0 Å². The van der Waals surface area contributed by atoms with E-state index in [4.69, 9.17) is 9.47 Å². The zero-order valence-electron chi connectivity index (χ0n) is 22.3. The number of ketones is 1. The molecule has 0 aromatic carbocycles. The minimum atomic E-state index is 0.0217. The molecule has 1 heterocycles. The summed E-state index contributed by atoms with van der Waals surface area (Å²) in [5, 5.41) is 6.44.